The average Bonchev–Trinajstić information content (AvgIpc) is 2.95. The molecule has 1 heterocycles. The normalized spacial score (nSPS) is 12.4. The van der Waals surface area contributed by atoms with Crippen LogP contribution in [0.25, 0.3) is 0 Å². The largest absolute Gasteiger partial charge is 0.386 e. The van der Waals surface area contributed by atoms with E-state index in [-0.39, 0.29) is 36.1 Å². The number of hydrogen-bond donors (Lipinski definition) is 3. The Balaban J connectivity index is 0.00000288. The number of rotatable bonds is 6. The maximum atomic E-state index is 13.6. The number of guanidine groups is 1. The molecule has 0 aliphatic carbocycles. The number of hydrogen-bond acceptors (Lipinski definition) is 4. The zero-order valence-corrected chi connectivity index (χ0v) is 15.9. The second-order valence-corrected chi connectivity index (χ2v) is 4.91. The van der Waals surface area contributed by atoms with Gasteiger partial charge in [0.15, 0.2) is 5.96 Å². The summed E-state index contributed by atoms with van der Waals surface area (Å²) >= 11 is 0. The maximum Gasteiger partial charge on any atom is 0.191 e. The summed E-state index contributed by atoms with van der Waals surface area (Å²) in [5.41, 5.74) is 0.254. The van der Waals surface area contributed by atoms with E-state index < -0.39 is 11.9 Å². The van der Waals surface area contributed by atoms with Crippen molar-refractivity contribution in [3.8, 4) is 0 Å². The molecule has 0 spiro atoms. The Bertz CT molecular complexity index is 663. The van der Waals surface area contributed by atoms with E-state index in [9.17, 15) is 9.50 Å². The first-order chi connectivity index (χ1) is 11.1. The zero-order chi connectivity index (χ0) is 16.7. The van der Waals surface area contributed by atoms with E-state index in [4.69, 9.17) is 0 Å². The molecular weight excluding hydrogens is 426 g/mol. The van der Waals surface area contributed by atoms with Crippen LogP contribution in [0, 0.1) is 5.82 Å². The Morgan fingerprint density at radius 1 is 1.38 bits per heavy atom. The Morgan fingerprint density at radius 3 is 2.75 bits per heavy atom. The van der Waals surface area contributed by atoms with Crippen LogP contribution in [0.2, 0.25) is 0 Å². The van der Waals surface area contributed by atoms with Crippen molar-refractivity contribution >= 4 is 29.9 Å². The van der Waals surface area contributed by atoms with Gasteiger partial charge in [0.2, 0.25) is 0 Å². The predicted octanol–water partition coefficient (Wildman–Crippen LogP) is 1.36. The average molecular weight is 448 g/mol. The summed E-state index contributed by atoms with van der Waals surface area (Å²) in [4.78, 5) is 8.46. The van der Waals surface area contributed by atoms with Crippen LogP contribution in [0.4, 0.5) is 4.39 Å². The van der Waals surface area contributed by atoms with E-state index in [1.54, 1.807) is 29.9 Å². The van der Waals surface area contributed by atoms with Gasteiger partial charge in [-0.1, -0.05) is 18.2 Å². The van der Waals surface area contributed by atoms with Gasteiger partial charge in [-0.3, -0.25) is 4.68 Å². The van der Waals surface area contributed by atoms with E-state index >= 15 is 0 Å². The molecule has 1 aromatic carbocycles. The van der Waals surface area contributed by atoms with Gasteiger partial charge in [0, 0.05) is 25.7 Å². The molecule has 0 saturated carbocycles. The molecule has 0 saturated heterocycles. The molecular formula is C15H22FIN6O. The van der Waals surface area contributed by atoms with E-state index in [1.807, 2.05) is 6.92 Å². The first kappa shape index (κ1) is 20.3. The van der Waals surface area contributed by atoms with Crippen molar-refractivity contribution in [1.29, 1.82) is 0 Å². The van der Waals surface area contributed by atoms with Crippen molar-refractivity contribution in [2.45, 2.75) is 19.6 Å². The molecule has 2 rings (SSSR count). The monoisotopic (exact) mass is 448 g/mol. The lowest BCUT2D eigenvalue weighted by molar-refractivity contribution is 0.176. The second-order valence-electron chi connectivity index (χ2n) is 4.91. The highest BCUT2D eigenvalue weighted by molar-refractivity contribution is 14.0. The molecule has 1 aromatic heterocycles. The summed E-state index contributed by atoms with van der Waals surface area (Å²) in [7, 11) is 1.79. The Hall–Kier alpha value is -1.75. The molecule has 0 bridgehead atoms. The molecule has 0 aliphatic rings. The summed E-state index contributed by atoms with van der Waals surface area (Å²) in [5.74, 6) is 0.811. The molecule has 0 aliphatic heterocycles. The minimum Gasteiger partial charge on any atom is -0.386 e. The molecule has 7 nitrogen and oxygen atoms in total. The first-order valence-corrected chi connectivity index (χ1v) is 7.39. The number of aryl methyl sites for hydroxylation is 1. The third kappa shape index (κ3) is 5.71. The molecule has 24 heavy (non-hydrogen) atoms. The van der Waals surface area contributed by atoms with Crippen molar-refractivity contribution in [1.82, 2.24) is 25.4 Å². The summed E-state index contributed by atoms with van der Waals surface area (Å²) in [6, 6.07) is 6.16. The highest BCUT2D eigenvalue weighted by Gasteiger charge is 2.12. The van der Waals surface area contributed by atoms with Crippen LogP contribution in [0.1, 0.15) is 24.4 Å². The molecule has 0 radical (unpaired) electrons. The van der Waals surface area contributed by atoms with Crippen LogP contribution in [0.3, 0.4) is 0 Å². The fourth-order valence-electron chi connectivity index (χ4n) is 2.00. The van der Waals surface area contributed by atoms with Crippen LogP contribution in [-0.4, -0.2) is 38.9 Å². The quantitative estimate of drug-likeness (QED) is 0.353. The SMILES string of the molecule is CCNC(=NCc1ncnn1C)NCC(O)c1ccccc1F.I. The molecule has 0 fully saturated rings. The number of benzene rings is 1. The molecule has 9 heteroatoms. The zero-order valence-electron chi connectivity index (χ0n) is 13.6. The van der Waals surface area contributed by atoms with Gasteiger partial charge in [0.05, 0.1) is 6.10 Å². The highest BCUT2D eigenvalue weighted by Crippen LogP contribution is 2.15. The smallest absolute Gasteiger partial charge is 0.191 e. The van der Waals surface area contributed by atoms with E-state index in [0.29, 0.717) is 19.0 Å². The van der Waals surface area contributed by atoms with Crippen LogP contribution in [0.5, 0.6) is 0 Å². The molecule has 3 N–H and O–H groups in total. The summed E-state index contributed by atoms with van der Waals surface area (Å²) in [6.45, 7) is 3.10. The number of aliphatic hydroxyl groups is 1. The number of nitrogens with zero attached hydrogens (tertiary/aromatic N) is 4. The number of aliphatic hydroxyl groups excluding tert-OH is 1. The van der Waals surface area contributed by atoms with Gasteiger partial charge >= 0.3 is 0 Å². The van der Waals surface area contributed by atoms with Crippen LogP contribution in [0.15, 0.2) is 35.6 Å². The topological polar surface area (TPSA) is 87.4 Å². The Morgan fingerprint density at radius 2 is 2.12 bits per heavy atom. The fourth-order valence-corrected chi connectivity index (χ4v) is 2.00. The van der Waals surface area contributed by atoms with Crippen LogP contribution in [-0.2, 0) is 13.6 Å². The van der Waals surface area contributed by atoms with Gasteiger partial charge in [-0.25, -0.2) is 14.4 Å². The lowest BCUT2D eigenvalue weighted by atomic mass is 10.1. The summed E-state index contributed by atoms with van der Waals surface area (Å²) < 4.78 is 15.3. The standard InChI is InChI=1S/C15H21FN6O.HI/c1-3-17-15(19-9-14-20-10-21-22(14)2)18-8-13(23)11-6-4-5-7-12(11)16;/h4-7,10,13,23H,3,8-9H2,1-2H3,(H2,17,18,19);1H. The Kier molecular flexibility index (Phi) is 8.61. The van der Waals surface area contributed by atoms with Gasteiger partial charge in [-0.15, -0.1) is 24.0 Å². The van der Waals surface area contributed by atoms with E-state index in [0.717, 1.165) is 5.82 Å². The number of nitrogens with one attached hydrogen (secondary N) is 2. The summed E-state index contributed by atoms with van der Waals surface area (Å²) in [6.07, 6.45) is 0.502. The van der Waals surface area contributed by atoms with Gasteiger partial charge in [0.25, 0.3) is 0 Å². The van der Waals surface area contributed by atoms with Crippen molar-refractivity contribution in [2.75, 3.05) is 13.1 Å². The van der Waals surface area contributed by atoms with Gasteiger partial charge in [-0.2, -0.15) is 5.10 Å². The minimum absolute atomic E-state index is 0. The number of aliphatic imine (C=N–C) groups is 1. The molecule has 1 atom stereocenters. The lowest BCUT2D eigenvalue weighted by Crippen LogP contribution is -2.39. The minimum atomic E-state index is -0.963. The maximum absolute atomic E-state index is 13.6. The second kappa shape index (κ2) is 10.2. The number of halogens is 2. The predicted molar refractivity (Wildman–Crippen MR) is 101 cm³/mol. The fraction of sp³-hybridized carbons (Fsp3) is 0.400. The highest BCUT2D eigenvalue weighted by atomic mass is 127. The van der Waals surface area contributed by atoms with Gasteiger partial charge in [-0.05, 0) is 13.0 Å². The van der Waals surface area contributed by atoms with Gasteiger partial charge < -0.3 is 15.7 Å². The third-order valence-electron chi connectivity index (χ3n) is 3.26. The molecule has 1 unspecified atom stereocenters. The van der Waals surface area contributed by atoms with Crippen molar-refractivity contribution in [3.63, 3.8) is 0 Å². The van der Waals surface area contributed by atoms with Crippen LogP contribution >= 0.6 is 24.0 Å². The van der Waals surface area contributed by atoms with Crippen molar-refractivity contribution in [2.24, 2.45) is 12.0 Å². The summed E-state index contributed by atoms with van der Waals surface area (Å²) in [5, 5.41) is 20.1. The first-order valence-electron chi connectivity index (χ1n) is 7.39. The van der Waals surface area contributed by atoms with E-state index in [2.05, 4.69) is 25.7 Å². The molecule has 2 aromatic rings. The van der Waals surface area contributed by atoms with E-state index in [1.165, 1.54) is 12.4 Å². The van der Waals surface area contributed by atoms with Crippen molar-refractivity contribution in [3.05, 3.63) is 47.8 Å². The number of aromatic nitrogens is 3. The lowest BCUT2D eigenvalue weighted by Gasteiger charge is -2.16. The van der Waals surface area contributed by atoms with Crippen molar-refractivity contribution < 1.29 is 9.50 Å². The Labute approximate surface area is 157 Å². The third-order valence-corrected chi connectivity index (χ3v) is 3.26. The van der Waals surface area contributed by atoms with Crippen LogP contribution < -0.4 is 10.6 Å². The molecule has 0 amide bonds. The van der Waals surface area contributed by atoms with Gasteiger partial charge in [0.1, 0.15) is 24.5 Å². The molecule has 132 valence electrons.